The van der Waals surface area contributed by atoms with E-state index in [1.165, 1.54) is 45.1 Å². The van der Waals surface area contributed by atoms with Crippen LogP contribution in [-0.4, -0.2) is 49.1 Å². The van der Waals surface area contributed by atoms with Crippen molar-refractivity contribution >= 4 is 29.9 Å². The molecule has 1 aliphatic rings. The van der Waals surface area contributed by atoms with Gasteiger partial charge >= 0.3 is 0 Å². The summed E-state index contributed by atoms with van der Waals surface area (Å²) in [4.78, 5) is 7.29. The number of halogens is 1. The minimum Gasteiger partial charge on any atom is -0.469 e. The lowest BCUT2D eigenvalue weighted by Gasteiger charge is -2.23. The van der Waals surface area contributed by atoms with Gasteiger partial charge in [-0.1, -0.05) is 26.7 Å². The molecule has 0 saturated heterocycles. The highest BCUT2D eigenvalue weighted by atomic mass is 127. The molecule has 1 atom stereocenters. The van der Waals surface area contributed by atoms with Crippen molar-refractivity contribution in [1.29, 1.82) is 0 Å². The van der Waals surface area contributed by atoms with E-state index in [1.807, 2.05) is 12.1 Å². The van der Waals surface area contributed by atoms with E-state index < -0.39 is 0 Å². The van der Waals surface area contributed by atoms with Crippen molar-refractivity contribution in [1.82, 2.24) is 15.5 Å². The zero-order chi connectivity index (χ0) is 18.6. The molecule has 0 aliphatic heterocycles. The van der Waals surface area contributed by atoms with Gasteiger partial charge in [0, 0.05) is 25.0 Å². The Bertz CT molecular complexity index is 496. The molecule has 1 aliphatic carbocycles. The molecule has 6 heteroatoms. The van der Waals surface area contributed by atoms with Gasteiger partial charge in [0.15, 0.2) is 5.96 Å². The van der Waals surface area contributed by atoms with E-state index in [0.29, 0.717) is 12.1 Å². The highest BCUT2D eigenvalue weighted by Crippen LogP contribution is 2.17. The Kier molecular flexibility index (Phi) is 12.8. The third-order valence-corrected chi connectivity index (χ3v) is 5.29. The average Bonchev–Trinajstić information content (AvgIpc) is 3.32. The highest BCUT2D eigenvalue weighted by Gasteiger charge is 2.17. The van der Waals surface area contributed by atoms with E-state index in [9.17, 15) is 0 Å². The summed E-state index contributed by atoms with van der Waals surface area (Å²) in [6.07, 6.45) is 10.1. The summed E-state index contributed by atoms with van der Waals surface area (Å²) in [6.45, 7) is 10.9. The molecule has 2 rings (SSSR count). The monoisotopic (exact) mass is 490 g/mol. The van der Waals surface area contributed by atoms with E-state index in [-0.39, 0.29) is 24.0 Å². The molecule has 2 N–H and O–H groups in total. The molecule has 27 heavy (non-hydrogen) atoms. The lowest BCUT2D eigenvalue weighted by atomic mass is 10.1. The Hall–Kier alpha value is -0.760. The first-order valence-corrected chi connectivity index (χ1v) is 10.5. The molecule has 0 spiro atoms. The van der Waals surface area contributed by atoms with Crippen LogP contribution in [0.2, 0.25) is 0 Å². The van der Waals surface area contributed by atoms with Crippen LogP contribution in [0.25, 0.3) is 0 Å². The maximum absolute atomic E-state index is 5.41. The largest absolute Gasteiger partial charge is 0.469 e. The second-order valence-electron chi connectivity index (χ2n) is 7.40. The Morgan fingerprint density at radius 3 is 2.67 bits per heavy atom. The van der Waals surface area contributed by atoms with E-state index in [4.69, 9.17) is 9.41 Å². The van der Waals surface area contributed by atoms with E-state index in [1.54, 1.807) is 6.26 Å². The zero-order valence-electron chi connectivity index (χ0n) is 17.4. The van der Waals surface area contributed by atoms with Gasteiger partial charge in [-0.15, -0.1) is 24.0 Å². The Balaban J connectivity index is 0.00000364. The molecule has 1 unspecified atom stereocenters. The molecular weight excluding hydrogens is 451 g/mol. The van der Waals surface area contributed by atoms with Gasteiger partial charge in [0.1, 0.15) is 5.76 Å². The standard InChI is InChI=1S/C21H38N4O.HI/c1-4-25(5-2)16-8-10-18(3)23-21(24-19-11-6-7-12-19)22-15-14-20-13-9-17-26-20;/h9,13,17-19H,4-8,10-12,14-16H2,1-3H3,(H2,22,23,24);1H. The molecule has 156 valence electrons. The molecule has 0 radical (unpaired) electrons. The first kappa shape index (κ1) is 24.3. The van der Waals surface area contributed by atoms with Crippen molar-refractivity contribution < 1.29 is 4.42 Å². The van der Waals surface area contributed by atoms with Gasteiger partial charge in [-0.3, -0.25) is 4.99 Å². The van der Waals surface area contributed by atoms with Gasteiger partial charge in [0.05, 0.1) is 6.26 Å². The van der Waals surface area contributed by atoms with Crippen molar-refractivity contribution in [2.75, 3.05) is 26.2 Å². The van der Waals surface area contributed by atoms with E-state index in [0.717, 1.165) is 37.8 Å². The van der Waals surface area contributed by atoms with Crippen molar-refractivity contribution in [3.8, 4) is 0 Å². The number of rotatable bonds is 11. The third-order valence-electron chi connectivity index (χ3n) is 5.29. The Morgan fingerprint density at radius 1 is 1.30 bits per heavy atom. The first-order valence-electron chi connectivity index (χ1n) is 10.5. The summed E-state index contributed by atoms with van der Waals surface area (Å²) < 4.78 is 5.41. The van der Waals surface area contributed by atoms with Gasteiger partial charge < -0.3 is 20.0 Å². The van der Waals surface area contributed by atoms with Gasteiger partial charge in [0.2, 0.25) is 0 Å². The number of nitrogens with one attached hydrogen (secondary N) is 2. The molecule has 1 aromatic rings. The van der Waals surface area contributed by atoms with Crippen LogP contribution in [0.15, 0.2) is 27.8 Å². The van der Waals surface area contributed by atoms with Gasteiger partial charge in [0.25, 0.3) is 0 Å². The molecule has 0 aromatic carbocycles. The number of nitrogens with zero attached hydrogens (tertiary/aromatic N) is 2. The summed E-state index contributed by atoms with van der Waals surface area (Å²) in [5.41, 5.74) is 0. The van der Waals surface area contributed by atoms with Crippen LogP contribution in [-0.2, 0) is 6.42 Å². The van der Waals surface area contributed by atoms with Crippen LogP contribution >= 0.6 is 24.0 Å². The second-order valence-corrected chi connectivity index (χ2v) is 7.40. The predicted octanol–water partition coefficient (Wildman–Crippen LogP) is 4.43. The minimum absolute atomic E-state index is 0. The van der Waals surface area contributed by atoms with Crippen molar-refractivity contribution in [2.24, 2.45) is 4.99 Å². The molecule has 1 aromatic heterocycles. The van der Waals surface area contributed by atoms with Crippen LogP contribution in [0.4, 0.5) is 0 Å². The number of furan rings is 1. The summed E-state index contributed by atoms with van der Waals surface area (Å²) in [5.74, 6) is 1.97. The molecule has 0 bridgehead atoms. The quantitative estimate of drug-likeness (QED) is 0.274. The second kappa shape index (κ2) is 14.3. The number of hydrogen-bond acceptors (Lipinski definition) is 3. The Morgan fingerprint density at radius 2 is 2.04 bits per heavy atom. The summed E-state index contributed by atoms with van der Waals surface area (Å²) in [6, 6.07) is 4.96. The fourth-order valence-corrected chi connectivity index (χ4v) is 3.60. The normalized spacial score (nSPS) is 16.4. The Labute approximate surface area is 182 Å². The van der Waals surface area contributed by atoms with Crippen molar-refractivity contribution in [3.05, 3.63) is 24.2 Å². The maximum atomic E-state index is 5.41. The molecule has 1 heterocycles. The number of aliphatic imine (C=N–C) groups is 1. The molecular formula is C21H39IN4O. The van der Waals surface area contributed by atoms with E-state index in [2.05, 4.69) is 36.3 Å². The van der Waals surface area contributed by atoms with Crippen LogP contribution in [0, 0.1) is 0 Å². The number of hydrogen-bond donors (Lipinski definition) is 2. The summed E-state index contributed by atoms with van der Waals surface area (Å²) >= 11 is 0. The first-order chi connectivity index (χ1) is 12.7. The zero-order valence-corrected chi connectivity index (χ0v) is 19.7. The fourth-order valence-electron chi connectivity index (χ4n) is 3.60. The van der Waals surface area contributed by atoms with Crippen LogP contribution < -0.4 is 10.6 Å². The molecule has 0 amide bonds. The van der Waals surface area contributed by atoms with Crippen LogP contribution in [0.5, 0.6) is 0 Å². The third kappa shape index (κ3) is 9.83. The molecule has 1 fully saturated rings. The van der Waals surface area contributed by atoms with Crippen molar-refractivity contribution in [2.45, 2.75) is 77.8 Å². The molecule has 5 nitrogen and oxygen atoms in total. The van der Waals surface area contributed by atoms with Crippen LogP contribution in [0.3, 0.4) is 0 Å². The highest BCUT2D eigenvalue weighted by molar-refractivity contribution is 14.0. The SMILES string of the molecule is CCN(CC)CCCC(C)NC(=NCCc1ccco1)NC1CCCC1.I. The summed E-state index contributed by atoms with van der Waals surface area (Å²) in [5, 5.41) is 7.27. The van der Waals surface area contributed by atoms with Gasteiger partial charge in [-0.2, -0.15) is 0 Å². The molecule has 1 saturated carbocycles. The topological polar surface area (TPSA) is 52.8 Å². The average molecular weight is 490 g/mol. The lowest BCUT2D eigenvalue weighted by Crippen LogP contribution is -2.46. The van der Waals surface area contributed by atoms with Crippen LogP contribution in [0.1, 0.15) is 65.1 Å². The van der Waals surface area contributed by atoms with Crippen molar-refractivity contribution in [3.63, 3.8) is 0 Å². The van der Waals surface area contributed by atoms with E-state index >= 15 is 0 Å². The number of guanidine groups is 1. The summed E-state index contributed by atoms with van der Waals surface area (Å²) in [7, 11) is 0. The van der Waals surface area contributed by atoms with Gasteiger partial charge in [-0.05, 0) is 64.4 Å². The van der Waals surface area contributed by atoms with Gasteiger partial charge in [-0.25, -0.2) is 0 Å². The smallest absolute Gasteiger partial charge is 0.191 e. The maximum Gasteiger partial charge on any atom is 0.191 e. The minimum atomic E-state index is 0. The lowest BCUT2D eigenvalue weighted by molar-refractivity contribution is 0.292. The fraction of sp³-hybridized carbons (Fsp3) is 0.762. The predicted molar refractivity (Wildman–Crippen MR) is 125 cm³/mol.